The Morgan fingerprint density at radius 2 is 2.07 bits per heavy atom. The van der Waals surface area contributed by atoms with Crippen molar-refractivity contribution in [1.82, 2.24) is 10.6 Å². The van der Waals surface area contributed by atoms with Crippen LogP contribution in [0.3, 0.4) is 0 Å². The summed E-state index contributed by atoms with van der Waals surface area (Å²) in [5.74, 6) is 1.34. The van der Waals surface area contributed by atoms with Gasteiger partial charge in [0.1, 0.15) is 0 Å². The van der Waals surface area contributed by atoms with E-state index in [1.165, 1.54) is 0 Å². The molecule has 0 saturated carbocycles. The van der Waals surface area contributed by atoms with E-state index in [1.807, 2.05) is 6.92 Å². The largest absolute Gasteiger partial charge is 0.383 e. The van der Waals surface area contributed by atoms with Gasteiger partial charge < -0.3 is 15.4 Å². The number of ether oxygens (including phenoxy) is 1. The number of hydrogen-bond acceptors (Lipinski definition) is 3. The molecule has 1 unspecified atom stereocenters. The van der Waals surface area contributed by atoms with Crippen molar-refractivity contribution in [2.75, 3.05) is 38.3 Å². The first-order valence-corrected chi connectivity index (χ1v) is 6.46. The Morgan fingerprint density at radius 3 is 2.64 bits per heavy atom. The van der Waals surface area contributed by atoms with E-state index in [2.05, 4.69) is 10.6 Å². The number of hydrogen-bond donors (Lipinski definition) is 2. The third-order valence-corrected chi connectivity index (χ3v) is 3.12. The second-order valence-corrected chi connectivity index (χ2v) is 4.88. The molecule has 0 aliphatic heterocycles. The van der Waals surface area contributed by atoms with E-state index in [-0.39, 0.29) is 0 Å². The summed E-state index contributed by atoms with van der Waals surface area (Å²) in [6, 6.07) is 0. The van der Waals surface area contributed by atoms with Gasteiger partial charge >= 0.3 is 0 Å². The number of rotatable bonds is 7. The first-order valence-electron chi connectivity index (χ1n) is 4.56. The summed E-state index contributed by atoms with van der Waals surface area (Å²) < 4.78 is 15.9. The van der Waals surface area contributed by atoms with Crippen LogP contribution >= 0.6 is 12.2 Å². The van der Waals surface area contributed by atoms with Crippen molar-refractivity contribution in [1.29, 1.82) is 0 Å². The van der Waals surface area contributed by atoms with Gasteiger partial charge in [-0.05, 0) is 12.2 Å². The Morgan fingerprint density at radius 1 is 1.43 bits per heavy atom. The van der Waals surface area contributed by atoms with Crippen molar-refractivity contribution >= 4 is 28.1 Å². The molecule has 0 aromatic rings. The molecule has 0 aliphatic carbocycles. The summed E-state index contributed by atoms with van der Waals surface area (Å²) >= 11 is 4.98. The van der Waals surface area contributed by atoms with E-state index in [0.717, 1.165) is 0 Å². The topological polar surface area (TPSA) is 50.4 Å². The third kappa shape index (κ3) is 8.40. The lowest BCUT2D eigenvalue weighted by molar-refractivity contribution is 0.204. The number of nitrogens with one attached hydrogen (secondary N) is 2. The minimum Gasteiger partial charge on any atom is -0.383 e. The zero-order chi connectivity index (χ0) is 10.8. The molecule has 0 heterocycles. The van der Waals surface area contributed by atoms with Gasteiger partial charge in [0.25, 0.3) is 0 Å². The Bertz CT molecular complexity index is 188. The van der Waals surface area contributed by atoms with E-state index in [4.69, 9.17) is 17.0 Å². The molecule has 0 radical (unpaired) electrons. The molecule has 4 nitrogen and oxygen atoms in total. The number of thiocarbonyl (C=S) groups is 1. The lowest BCUT2D eigenvalue weighted by Gasteiger charge is -2.09. The fourth-order valence-electron chi connectivity index (χ4n) is 0.752. The summed E-state index contributed by atoms with van der Waals surface area (Å²) in [6.07, 6.45) is 0. The predicted molar refractivity (Wildman–Crippen MR) is 64.0 cm³/mol. The van der Waals surface area contributed by atoms with Gasteiger partial charge in [-0.2, -0.15) is 0 Å². The highest BCUT2D eigenvalue weighted by atomic mass is 32.2. The molecule has 0 fully saturated rings. The molecule has 0 bridgehead atoms. The quantitative estimate of drug-likeness (QED) is 0.478. The van der Waals surface area contributed by atoms with Crippen LogP contribution in [0.1, 0.15) is 6.92 Å². The second kappa shape index (κ2) is 9.36. The van der Waals surface area contributed by atoms with Gasteiger partial charge in [-0.3, -0.25) is 4.21 Å². The molecule has 2 N–H and O–H groups in total. The molecule has 0 spiro atoms. The third-order valence-electron chi connectivity index (χ3n) is 1.53. The Kier molecular flexibility index (Phi) is 9.23. The van der Waals surface area contributed by atoms with Crippen molar-refractivity contribution < 1.29 is 8.95 Å². The minimum atomic E-state index is -0.725. The van der Waals surface area contributed by atoms with Gasteiger partial charge in [0.2, 0.25) is 0 Å². The standard InChI is InChI=1S/C8H18N2O2S2/c1-3-14(11)7-5-10-8(13)9-4-6-12-2/h3-7H2,1-2H3,(H2,9,10,13). The van der Waals surface area contributed by atoms with Gasteiger partial charge in [0.15, 0.2) is 5.11 Å². The summed E-state index contributed by atoms with van der Waals surface area (Å²) in [5.41, 5.74) is 0. The van der Waals surface area contributed by atoms with Crippen LogP contribution in [-0.4, -0.2) is 47.6 Å². The Balaban J connectivity index is 3.31. The fourth-order valence-corrected chi connectivity index (χ4v) is 1.57. The lowest BCUT2D eigenvalue weighted by atomic mass is 10.6. The van der Waals surface area contributed by atoms with Crippen LogP contribution in [0.2, 0.25) is 0 Å². The summed E-state index contributed by atoms with van der Waals surface area (Å²) in [5, 5.41) is 6.54. The highest BCUT2D eigenvalue weighted by Gasteiger charge is 1.97. The van der Waals surface area contributed by atoms with Crippen LogP contribution in [0, 0.1) is 0 Å². The summed E-state index contributed by atoms with van der Waals surface area (Å²) in [7, 11) is 0.916. The predicted octanol–water partition coefficient (Wildman–Crippen LogP) is -0.134. The van der Waals surface area contributed by atoms with Crippen LogP contribution in [0.4, 0.5) is 0 Å². The smallest absolute Gasteiger partial charge is 0.166 e. The zero-order valence-electron chi connectivity index (χ0n) is 8.67. The van der Waals surface area contributed by atoms with E-state index in [1.54, 1.807) is 7.11 Å². The summed E-state index contributed by atoms with van der Waals surface area (Å²) in [4.78, 5) is 0. The molecule has 0 aliphatic rings. The molecule has 1 atom stereocenters. The Labute approximate surface area is 93.2 Å². The number of methoxy groups -OCH3 is 1. The second-order valence-electron chi connectivity index (χ2n) is 2.61. The fraction of sp³-hybridized carbons (Fsp3) is 0.875. The van der Waals surface area contributed by atoms with Crippen molar-refractivity contribution in [3.05, 3.63) is 0 Å². The van der Waals surface area contributed by atoms with E-state index in [9.17, 15) is 4.21 Å². The van der Waals surface area contributed by atoms with Gasteiger partial charge in [-0.1, -0.05) is 6.92 Å². The van der Waals surface area contributed by atoms with Crippen molar-refractivity contribution in [3.63, 3.8) is 0 Å². The first kappa shape index (κ1) is 13.8. The highest BCUT2D eigenvalue weighted by Crippen LogP contribution is 1.79. The maximum absolute atomic E-state index is 11.0. The van der Waals surface area contributed by atoms with Crippen LogP contribution in [0.15, 0.2) is 0 Å². The van der Waals surface area contributed by atoms with Gasteiger partial charge in [-0.25, -0.2) is 0 Å². The van der Waals surface area contributed by atoms with Gasteiger partial charge in [0.05, 0.1) is 6.61 Å². The molecule has 0 rings (SSSR count). The average Bonchev–Trinajstić information content (AvgIpc) is 2.18. The molecule has 0 saturated heterocycles. The van der Waals surface area contributed by atoms with E-state index in [0.29, 0.717) is 36.3 Å². The monoisotopic (exact) mass is 238 g/mol. The van der Waals surface area contributed by atoms with E-state index >= 15 is 0 Å². The van der Waals surface area contributed by atoms with E-state index < -0.39 is 10.8 Å². The molecular formula is C8H18N2O2S2. The highest BCUT2D eigenvalue weighted by molar-refractivity contribution is 7.84. The molecule has 0 aromatic carbocycles. The van der Waals surface area contributed by atoms with Crippen LogP contribution in [0.5, 0.6) is 0 Å². The normalized spacial score (nSPS) is 12.1. The average molecular weight is 238 g/mol. The van der Waals surface area contributed by atoms with Crippen LogP contribution in [0.25, 0.3) is 0 Å². The van der Waals surface area contributed by atoms with Crippen molar-refractivity contribution in [2.45, 2.75) is 6.92 Å². The molecule has 0 aromatic heterocycles. The maximum Gasteiger partial charge on any atom is 0.166 e. The lowest BCUT2D eigenvalue weighted by Crippen LogP contribution is -2.38. The van der Waals surface area contributed by atoms with Gasteiger partial charge in [-0.15, -0.1) is 0 Å². The van der Waals surface area contributed by atoms with Crippen LogP contribution in [-0.2, 0) is 15.5 Å². The van der Waals surface area contributed by atoms with Crippen molar-refractivity contribution in [3.8, 4) is 0 Å². The summed E-state index contributed by atoms with van der Waals surface area (Å²) in [6.45, 7) is 3.88. The molecular weight excluding hydrogens is 220 g/mol. The SMILES string of the molecule is CCS(=O)CCNC(=S)NCCOC. The molecule has 6 heteroatoms. The van der Waals surface area contributed by atoms with Gasteiger partial charge in [0, 0.05) is 42.5 Å². The molecule has 14 heavy (non-hydrogen) atoms. The maximum atomic E-state index is 11.0. The first-order chi connectivity index (χ1) is 6.70. The molecule has 84 valence electrons. The van der Waals surface area contributed by atoms with Crippen molar-refractivity contribution in [2.24, 2.45) is 0 Å². The molecule has 0 amide bonds. The minimum absolute atomic E-state index is 0.593. The van der Waals surface area contributed by atoms with Crippen LogP contribution < -0.4 is 10.6 Å². The Hall–Kier alpha value is -0.200. The zero-order valence-corrected chi connectivity index (χ0v) is 10.3.